The van der Waals surface area contributed by atoms with Gasteiger partial charge in [-0.15, -0.1) is 0 Å². The summed E-state index contributed by atoms with van der Waals surface area (Å²) in [7, 11) is 0. The molecule has 0 saturated carbocycles. The van der Waals surface area contributed by atoms with Gasteiger partial charge in [0.25, 0.3) is 5.56 Å². The van der Waals surface area contributed by atoms with E-state index in [1.165, 1.54) is 0 Å². The van der Waals surface area contributed by atoms with Crippen LogP contribution in [-0.2, 0) is 11.2 Å². The molecule has 0 unspecified atom stereocenters. The van der Waals surface area contributed by atoms with Gasteiger partial charge in [0.2, 0.25) is 0 Å². The number of aromatic amines is 1. The van der Waals surface area contributed by atoms with Crippen LogP contribution in [0.5, 0.6) is 0 Å². The van der Waals surface area contributed by atoms with Crippen LogP contribution < -0.4 is 5.56 Å². The van der Waals surface area contributed by atoms with Crippen molar-refractivity contribution in [1.29, 1.82) is 0 Å². The van der Waals surface area contributed by atoms with Gasteiger partial charge in [-0.05, 0) is 24.4 Å². The Hall–Kier alpha value is -2.10. The number of hydrogen-bond donors (Lipinski definition) is 2. The van der Waals surface area contributed by atoms with Crippen LogP contribution in [0.1, 0.15) is 11.3 Å². The maximum Gasteiger partial charge on any atom is 0.309 e. The number of benzene rings is 1. The van der Waals surface area contributed by atoms with E-state index in [4.69, 9.17) is 5.11 Å². The normalized spacial score (nSPS) is 10.6. The molecular formula is C12H11NO3. The third kappa shape index (κ3) is 1.95. The Morgan fingerprint density at radius 1 is 1.38 bits per heavy atom. The van der Waals surface area contributed by atoms with Gasteiger partial charge in [-0.25, -0.2) is 0 Å². The number of aryl methyl sites for hydroxylation is 1. The van der Waals surface area contributed by atoms with Crippen molar-refractivity contribution >= 4 is 16.7 Å². The zero-order valence-electron chi connectivity index (χ0n) is 8.78. The molecule has 0 fully saturated rings. The zero-order chi connectivity index (χ0) is 11.7. The molecule has 4 nitrogen and oxygen atoms in total. The SMILES string of the molecule is Cc1ccc2cc(CC(=O)O)[nH]c(=O)c2c1. The summed E-state index contributed by atoms with van der Waals surface area (Å²) in [5, 5.41) is 10.0. The van der Waals surface area contributed by atoms with Crippen molar-refractivity contribution in [3.63, 3.8) is 0 Å². The van der Waals surface area contributed by atoms with Crippen molar-refractivity contribution in [1.82, 2.24) is 4.98 Å². The molecular weight excluding hydrogens is 206 g/mol. The molecule has 1 aromatic carbocycles. The van der Waals surface area contributed by atoms with E-state index in [2.05, 4.69) is 4.98 Å². The predicted octanol–water partition coefficient (Wildman–Crippen LogP) is 1.46. The second kappa shape index (κ2) is 3.81. The van der Waals surface area contributed by atoms with Crippen LogP contribution in [0.4, 0.5) is 0 Å². The standard InChI is InChI=1S/C12H11NO3/c1-7-2-3-8-5-9(6-11(14)15)13-12(16)10(8)4-7/h2-5H,6H2,1H3,(H,13,16)(H,14,15). The Morgan fingerprint density at radius 3 is 2.81 bits per heavy atom. The summed E-state index contributed by atoms with van der Waals surface area (Å²) in [5.74, 6) is -0.956. The summed E-state index contributed by atoms with van der Waals surface area (Å²) in [6, 6.07) is 7.21. The monoisotopic (exact) mass is 217 g/mol. The average molecular weight is 217 g/mol. The molecule has 4 heteroatoms. The molecule has 2 aromatic rings. The minimum atomic E-state index is -0.956. The van der Waals surface area contributed by atoms with Crippen LogP contribution in [0, 0.1) is 6.92 Å². The Bertz CT molecular complexity index is 613. The van der Waals surface area contributed by atoms with Crippen LogP contribution in [0.15, 0.2) is 29.1 Å². The van der Waals surface area contributed by atoms with Crippen molar-refractivity contribution in [2.75, 3.05) is 0 Å². The number of nitrogens with one attached hydrogen (secondary N) is 1. The third-order valence-corrected chi connectivity index (χ3v) is 2.40. The zero-order valence-corrected chi connectivity index (χ0v) is 8.78. The number of carboxylic acids is 1. The number of rotatable bonds is 2. The molecule has 0 radical (unpaired) electrons. The lowest BCUT2D eigenvalue weighted by Gasteiger charge is -2.02. The van der Waals surface area contributed by atoms with E-state index in [0.29, 0.717) is 11.1 Å². The summed E-state index contributed by atoms with van der Waals surface area (Å²) in [5.41, 5.74) is 1.19. The van der Waals surface area contributed by atoms with E-state index in [1.54, 1.807) is 12.1 Å². The first-order valence-electron chi connectivity index (χ1n) is 4.90. The molecule has 0 amide bonds. The fourth-order valence-corrected chi connectivity index (χ4v) is 1.69. The van der Waals surface area contributed by atoms with E-state index in [0.717, 1.165) is 10.9 Å². The number of aliphatic carboxylic acids is 1. The number of carboxylic acid groups (broad SMARTS) is 1. The minimum absolute atomic E-state index is 0.168. The minimum Gasteiger partial charge on any atom is -0.481 e. The second-order valence-corrected chi connectivity index (χ2v) is 3.78. The molecule has 0 atom stereocenters. The highest BCUT2D eigenvalue weighted by atomic mass is 16.4. The smallest absolute Gasteiger partial charge is 0.309 e. The van der Waals surface area contributed by atoms with E-state index >= 15 is 0 Å². The van der Waals surface area contributed by atoms with Crippen LogP contribution in [-0.4, -0.2) is 16.1 Å². The van der Waals surface area contributed by atoms with E-state index in [9.17, 15) is 9.59 Å². The predicted molar refractivity (Wildman–Crippen MR) is 60.6 cm³/mol. The molecule has 0 spiro atoms. The largest absolute Gasteiger partial charge is 0.481 e. The summed E-state index contributed by atoms with van der Waals surface area (Å²) < 4.78 is 0. The van der Waals surface area contributed by atoms with Crippen molar-refractivity contribution in [3.05, 3.63) is 45.9 Å². The summed E-state index contributed by atoms with van der Waals surface area (Å²) >= 11 is 0. The quantitative estimate of drug-likeness (QED) is 0.800. The van der Waals surface area contributed by atoms with Crippen LogP contribution in [0.3, 0.4) is 0 Å². The fourth-order valence-electron chi connectivity index (χ4n) is 1.69. The van der Waals surface area contributed by atoms with Gasteiger partial charge in [0.15, 0.2) is 0 Å². The lowest BCUT2D eigenvalue weighted by Crippen LogP contribution is -2.12. The molecule has 0 aliphatic carbocycles. The van der Waals surface area contributed by atoms with Gasteiger partial charge in [0.1, 0.15) is 0 Å². The van der Waals surface area contributed by atoms with Gasteiger partial charge < -0.3 is 10.1 Å². The van der Waals surface area contributed by atoms with Gasteiger partial charge in [-0.1, -0.05) is 17.7 Å². The molecule has 0 saturated heterocycles. The Morgan fingerprint density at radius 2 is 2.12 bits per heavy atom. The third-order valence-electron chi connectivity index (χ3n) is 2.40. The molecule has 0 aliphatic rings. The summed E-state index contributed by atoms with van der Waals surface area (Å²) in [6.45, 7) is 1.91. The highest BCUT2D eigenvalue weighted by molar-refractivity contribution is 5.83. The number of H-pyrrole nitrogens is 1. The van der Waals surface area contributed by atoms with Crippen molar-refractivity contribution in [2.24, 2.45) is 0 Å². The highest BCUT2D eigenvalue weighted by Crippen LogP contribution is 2.12. The van der Waals surface area contributed by atoms with Crippen molar-refractivity contribution in [3.8, 4) is 0 Å². The molecule has 0 bridgehead atoms. The summed E-state index contributed by atoms with van der Waals surface area (Å²) in [4.78, 5) is 24.8. The first kappa shape index (κ1) is 10.4. The second-order valence-electron chi connectivity index (χ2n) is 3.78. The topological polar surface area (TPSA) is 70.2 Å². The number of carbonyl (C=O) groups is 1. The van der Waals surface area contributed by atoms with Crippen LogP contribution in [0.25, 0.3) is 10.8 Å². The van der Waals surface area contributed by atoms with E-state index in [1.807, 2.05) is 19.1 Å². The van der Waals surface area contributed by atoms with Gasteiger partial charge in [0, 0.05) is 11.1 Å². The number of hydrogen-bond acceptors (Lipinski definition) is 2. The number of pyridine rings is 1. The highest BCUT2D eigenvalue weighted by Gasteiger charge is 2.05. The molecule has 0 aliphatic heterocycles. The van der Waals surface area contributed by atoms with Gasteiger partial charge in [0.05, 0.1) is 6.42 Å². The molecule has 1 aromatic heterocycles. The lowest BCUT2D eigenvalue weighted by atomic mass is 10.1. The maximum atomic E-state index is 11.7. The molecule has 2 rings (SSSR count). The molecule has 1 heterocycles. The van der Waals surface area contributed by atoms with Gasteiger partial charge in [-0.3, -0.25) is 9.59 Å². The van der Waals surface area contributed by atoms with Crippen molar-refractivity contribution in [2.45, 2.75) is 13.3 Å². The average Bonchev–Trinajstić information content (AvgIpc) is 2.18. The Labute approximate surface area is 91.5 Å². The fraction of sp³-hybridized carbons (Fsp3) is 0.167. The van der Waals surface area contributed by atoms with Gasteiger partial charge >= 0.3 is 5.97 Å². The summed E-state index contributed by atoms with van der Waals surface area (Å²) in [6.07, 6.45) is -0.168. The first-order valence-corrected chi connectivity index (χ1v) is 4.90. The number of aromatic nitrogens is 1. The molecule has 82 valence electrons. The number of fused-ring (bicyclic) bond motifs is 1. The van der Waals surface area contributed by atoms with Crippen molar-refractivity contribution < 1.29 is 9.90 Å². The Balaban J connectivity index is 2.64. The lowest BCUT2D eigenvalue weighted by molar-refractivity contribution is -0.136. The van der Waals surface area contributed by atoms with E-state index in [-0.39, 0.29) is 12.0 Å². The first-order chi connectivity index (χ1) is 7.56. The van der Waals surface area contributed by atoms with Gasteiger partial charge in [-0.2, -0.15) is 0 Å². The molecule has 2 N–H and O–H groups in total. The molecule has 16 heavy (non-hydrogen) atoms. The Kier molecular flexibility index (Phi) is 2.48. The van der Waals surface area contributed by atoms with E-state index < -0.39 is 5.97 Å². The van der Waals surface area contributed by atoms with Crippen LogP contribution in [0.2, 0.25) is 0 Å². The maximum absolute atomic E-state index is 11.7. The van der Waals surface area contributed by atoms with Crippen LogP contribution >= 0.6 is 0 Å².